The summed E-state index contributed by atoms with van der Waals surface area (Å²) in [5.41, 5.74) is -0.763. The number of rotatable bonds is 7. The number of hydrogen-bond acceptors (Lipinski definition) is 6. The minimum atomic E-state index is -4.46. The molecule has 0 aromatic heterocycles. The highest BCUT2D eigenvalue weighted by Gasteiger charge is 2.56. The average Bonchev–Trinajstić information content (AvgIpc) is 3.20. The predicted octanol–water partition coefficient (Wildman–Crippen LogP) is 4.56. The first kappa shape index (κ1) is 24.0. The third-order valence-corrected chi connectivity index (χ3v) is 11.6. The summed E-state index contributed by atoms with van der Waals surface area (Å²) in [5, 5.41) is 0. The van der Waals surface area contributed by atoms with E-state index in [4.69, 9.17) is 4.74 Å². The Hall–Kier alpha value is -3.75. The topological polar surface area (TPSA) is 94.6 Å². The lowest BCUT2D eigenvalue weighted by atomic mass is 9.73. The van der Waals surface area contributed by atoms with Gasteiger partial charge in [0.25, 0.3) is 0 Å². The third kappa shape index (κ3) is 3.83. The largest absolute Gasteiger partial charge is 0.425 e. The minimum Gasteiger partial charge on any atom is -0.425 e. The van der Waals surface area contributed by atoms with Crippen LogP contribution in [0.15, 0.2) is 125 Å². The van der Waals surface area contributed by atoms with Crippen molar-refractivity contribution in [3.8, 4) is 5.75 Å². The van der Waals surface area contributed by atoms with E-state index in [1.165, 1.54) is 48.5 Å². The van der Waals surface area contributed by atoms with E-state index >= 15 is 0 Å². The Balaban J connectivity index is 1.78. The predicted molar refractivity (Wildman–Crippen MR) is 135 cm³/mol. The van der Waals surface area contributed by atoms with Crippen LogP contribution in [0.3, 0.4) is 0 Å². The fourth-order valence-corrected chi connectivity index (χ4v) is 9.29. The van der Waals surface area contributed by atoms with E-state index in [0.29, 0.717) is 11.1 Å². The van der Waals surface area contributed by atoms with Gasteiger partial charge in [-0.15, -0.1) is 0 Å². The number of carbonyl (C=O) groups is 1. The van der Waals surface area contributed by atoms with Crippen LogP contribution in [0.4, 0.5) is 0 Å². The highest BCUT2D eigenvalue weighted by molar-refractivity contribution is 8.09. The van der Waals surface area contributed by atoms with Crippen LogP contribution in [0.1, 0.15) is 17.5 Å². The number of carbonyl (C=O) groups excluding carboxylic acids is 1. The Labute approximate surface area is 210 Å². The molecule has 4 aromatic carbocycles. The minimum absolute atomic E-state index is 0.141. The molecule has 36 heavy (non-hydrogen) atoms. The van der Waals surface area contributed by atoms with Crippen LogP contribution in [-0.2, 0) is 29.9 Å². The highest BCUT2D eigenvalue weighted by Crippen LogP contribution is 2.49. The first-order valence-electron chi connectivity index (χ1n) is 11.2. The van der Waals surface area contributed by atoms with Crippen LogP contribution < -0.4 is 4.74 Å². The summed E-state index contributed by atoms with van der Waals surface area (Å²) < 4.78 is 59.6. The van der Waals surface area contributed by atoms with E-state index < -0.39 is 42.1 Å². The zero-order valence-electron chi connectivity index (χ0n) is 19.0. The van der Waals surface area contributed by atoms with Crippen molar-refractivity contribution >= 4 is 25.6 Å². The van der Waals surface area contributed by atoms with Gasteiger partial charge in [0.15, 0.2) is 24.3 Å². The van der Waals surface area contributed by atoms with Crippen molar-refractivity contribution in [3.63, 3.8) is 0 Å². The molecule has 0 radical (unpaired) electrons. The molecule has 1 heterocycles. The maximum atomic E-state index is 14.0. The summed E-state index contributed by atoms with van der Waals surface area (Å²) >= 11 is 0. The van der Waals surface area contributed by atoms with Gasteiger partial charge in [-0.05, 0) is 35.9 Å². The van der Waals surface area contributed by atoms with Crippen LogP contribution in [0, 0.1) is 0 Å². The zero-order chi connectivity index (χ0) is 25.4. The maximum absolute atomic E-state index is 14.0. The summed E-state index contributed by atoms with van der Waals surface area (Å²) in [4.78, 5) is 13.3. The van der Waals surface area contributed by atoms with Crippen molar-refractivity contribution in [2.45, 2.75) is 26.2 Å². The number of hydrogen-bond donors (Lipinski definition) is 0. The molecule has 1 aliphatic rings. The number of para-hydroxylation sites is 1. The molecule has 8 heteroatoms. The molecule has 0 aliphatic carbocycles. The van der Waals surface area contributed by atoms with Crippen LogP contribution >= 0.6 is 0 Å². The maximum Gasteiger partial charge on any atom is 0.326 e. The molecule has 4 aromatic rings. The van der Waals surface area contributed by atoms with Crippen molar-refractivity contribution in [2.24, 2.45) is 0 Å². The lowest BCUT2D eigenvalue weighted by Crippen LogP contribution is -2.43. The van der Waals surface area contributed by atoms with Gasteiger partial charge >= 0.3 is 5.97 Å². The number of esters is 1. The first-order valence-corrected chi connectivity index (χ1v) is 14.3. The van der Waals surface area contributed by atoms with E-state index in [1.54, 1.807) is 66.7 Å². The summed E-state index contributed by atoms with van der Waals surface area (Å²) in [7, 11) is -8.92. The lowest BCUT2D eigenvalue weighted by Gasteiger charge is -2.31. The second-order valence-corrected chi connectivity index (χ2v) is 13.1. The van der Waals surface area contributed by atoms with E-state index in [2.05, 4.69) is 0 Å². The summed E-state index contributed by atoms with van der Waals surface area (Å²) in [5.74, 6) is -0.439. The van der Waals surface area contributed by atoms with Crippen molar-refractivity contribution in [1.29, 1.82) is 0 Å². The Morgan fingerprint density at radius 3 is 1.58 bits per heavy atom. The van der Waals surface area contributed by atoms with E-state index in [-0.39, 0.29) is 15.5 Å². The second-order valence-electron chi connectivity index (χ2n) is 8.51. The fraction of sp³-hybridized carbons (Fsp3) is 0.107. The summed E-state index contributed by atoms with van der Waals surface area (Å²) in [6.07, 6.45) is -0.554. The Kier molecular flexibility index (Phi) is 6.02. The molecule has 0 N–H and O–H groups in total. The first-order chi connectivity index (χ1) is 17.3. The van der Waals surface area contributed by atoms with E-state index in [1.807, 2.05) is 0 Å². The highest BCUT2D eigenvalue weighted by atomic mass is 32.3. The molecule has 0 fully saturated rings. The molecule has 1 atom stereocenters. The molecule has 0 unspecified atom stereocenters. The van der Waals surface area contributed by atoms with Gasteiger partial charge in [-0.2, -0.15) is 0 Å². The molecule has 0 amide bonds. The number of fused-ring (bicyclic) bond motifs is 1. The van der Waals surface area contributed by atoms with Crippen LogP contribution in [0.2, 0.25) is 0 Å². The lowest BCUT2D eigenvalue weighted by molar-refractivity contribution is -0.137. The second kappa shape index (κ2) is 9.04. The fourth-order valence-electron chi connectivity index (χ4n) is 4.67. The standard InChI is InChI=1S/C28H22O6S2/c29-27-28(21-12-4-1-5-13-21,24-18-10-11-19-25(24)34-27)20-26(35(30,31)22-14-6-2-7-15-22)36(32,33)23-16-8-3-9-17-23/h1-19,26H,20H2/t28-/m0/s1. The van der Waals surface area contributed by atoms with Gasteiger partial charge in [0.05, 0.1) is 9.79 Å². The smallest absolute Gasteiger partial charge is 0.326 e. The van der Waals surface area contributed by atoms with Crippen LogP contribution in [0.5, 0.6) is 5.75 Å². The Morgan fingerprint density at radius 1 is 0.611 bits per heavy atom. The van der Waals surface area contributed by atoms with Gasteiger partial charge in [-0.25, -0.2) is 16.8 Å². The van der Waals surface area contributed by atoms with Gasteiger partial charge in [-0.1, -0.05) is 84.9 Å². The zero-order valence-corrected chi connectivity index (χ0v) is 20.7. The van der Waals surface area contributed by atoms with Gasteiger partial charge < -0.3 is 4.74 Å². The summed E-state index contributed by atoms with van der Waals surface area (Å²) in [6, 6.07) is 30.1. The number of sulfone groups is 2. The van der Waals surface area contributed by atoms with E-state index in [0.717, 1.165) is 0 Å². The van der Waals surface area contributed by atoms with Gasteiger partial charge in [-0.3, -0.25) is 4.79 Å². The van der Waals surface area contributed by atoms with Crippen LogP contribution in [-0.4, -0.2) is 27.4 Å². The molecular formula is C28H22O6S2. The van der Waals surface area contributed by atoms with Gasteiger partial charge in [0, 0.05) is 12.0 Å². The summed E-state index contributed by atoms with van der Waals surface area (Å²) in [6.45, 7) is 0. The van der Waals surface area contributed by atoms with Gasteiger partial charge in [0.2, 0.25) is 0 Å². The average molecular weight is 519 g/mol. The Bertz CT molecular complexity index is 1550. The van der Waals surface area contributed by atoms with Crippen molar-refractivity contribution in [3.05, 3.63) is 126 Å². The molecule has 6 nitrogen and oxygen atoms in total. The van der Waals surface area contributed by atoms with Crippen molar-refractivity contribution in [1.82, 2.24) is 0 Å². The third-order valence-electron chi connectivity index (χ3n) is 6.47. The number of benzene rings is 4. The van der Waals surface area contributed by atoms with Crippen LogP contribution in [0.25, 0.3) is 0 Å². The monoisotopic (exact) mass is 518 g/mol. The normalized spacial score (nSPS) is 17.5. The molecule has 1 aliphatic heterocycles. The SMILES string of the molecule is O=C1Oc2ccccc2[C@]1(CC(S(=O)(=O)c1ccccc1)S(=O)(=O)c1ccccc1)c1ccccc1. The molecule has 182 valence electrons. The molecule has 0 spiro atoms. The molecule has 0 bridgehead atoms. The molecular weight excluding hydrogens is 496 g/mol. The molecule has 5 rings (SSSR count). The van der Waals surface area contributed by atoms with E-state index in [9.17, 15) is 21.6 Å². The molecule has 0 saturated heterocycles. The van der Waals surface area contributed by atoms with Gasteiger partial charge in [0.1, 0.15) is 11.2 Å². The quantitative estimate of drug-likeness (QED) is 0.263. The number of ether oxygens (including phenoxy) is 1. The molecule has 0 saturated carbocycles. The Morgan fingerprint density at radius 2 is 1.06 bits per heavy atom. The van der Waals surface area contributed by atoms with Crippen molar-refractivity contribution in [2.75, 3.05) is 0 Å². The van der Waals surface area contributed by atoms with Crippen molar-refractivity contribution < 1.29 is 26.4 Å².